The number of thiazole rings is 2. The summed E-state index contributed by atoms with van der Waals surface area (Å²) < 4.78 is 11.8. The summed E-state index contributed by atoms with van der Waals surface area (Å²) in [6, 6.07) is 15.0. The van der Waals surface area contributed by atoms with Crippen LogP contribution in [0.3, 0.4) is 0 Å². The van der Waals surface area contributed by atoms with E-state index in [1.807, 2.05) is 47.8 Å². The topological polar surface area (TPSA) is 77.2 Å². The summed E-state index contributed by atoms with van der Waals surface area (Å²) in [5.41, 5.74) is 1.98. The molecule has 2 aromatic carbocycles. The van der Waals surface area contributed by atoms with Gasteiger partial charge in [0.25, 0.3) is 0 Å². The molecule has 6 nitrogen and oxygen atoms in total. The van der Waals surface area contributed by atoms with E-state index >= 15 is 0 Å². The third-order valence-electron chi connectivity index (χ3n) is 4.24. The molecule has 3 aromatic heterocycles. The largest absolute Gasteiger partial charge is 0.494 e. The molecule has 0 aliphatic heterocycles. The van der Waals surface area contributed by atoms with E-state index in [1.54, 1.807) is 13.2 Å². The zero-order valence-electron chi connectivity index (χ0n) is 14.6. The Balaban J connectivity index is 1.49. The summed E-state index contributed by atoms with van der Waals surface area (Å²) in [7, 11) is 1.63. The van der Waals surface area contributed by atoms with Crippen molar-refractivity contribution in [1.29, 1.82) is 0 Å². The zero-order chi connectivity index (χ0) is 19.1. The number of ether oxygens (including phenoxy) is 1. The molecule has 0 atom stereocenters. The Kier molecular flexibility index (Phi) is 4.07. The molecule has 0 fully saturated rings. The van der Waals surface area contributed by atoms with Crippen molar-refractivity contribution < 1.29 is 9.15 Å². The van der Waals surface area contributed by atoms with Crippen LogP contribution in [0.25, 0.3) is 32.4 Å². The van der Waals surface area contributed by atoms with Crippen molar-refractivity contribution in [2.75, 3.05) is 12.4 Å². The number of nitrogens with one attached hydrogen (secondary N) is 1. The van der Waals surface area contributed by atoms with E-state index in [4.69, 9.17) is 9.15 Å². The fraction of sp³-hybridized carbons (Fsp3) is 0.0500. The van der Waals surface area contributed by atoms with Crippen LogP contribution in [0.2, 0.25) is 0 Å². The number of aromatic nitrogens is 2. The normalized spacial score (nSPS) is 11.2. The predicted octanol–water partition coefficient (Wildman–Crippen LogP) is 5.28. The van der Waals surface area contributed by atoms with Crippen LogP contribution >= 0.6 is 22.7 Å². The van der Waals surface area contributed by atoms with Gasteiger partial charge < -0.3 is 14.5 Å². The maximum Gasteiger partial charge on any atom is 0.345 e. The highest BCUT2D eigenvalue weighted by Gasteiger charge is 2.13. The highest BCUT2D eigenvalue weighted by atomic mass is 32.1. The van der Waals surface area contributed by atoms with Crippen molar-refractivity contribution in [2.24, 2.45) is 0 Å². The number of hydrogen-bond donors (Lipinski definition) is 1. The van der Waals surface area contributed by atoms with Gasteiger partial charge in [-0.15, -0.1) is 11.3 Å². The second kappa shape index (κ2) is 6.74. The first-order chi connectivity index (χ1) is 13.7. The minimum absolute atomic E-state index is 0.403. The lowest BCUT2D eigenvalue weighted by Gasteiger charge is -1.99. The van der Waals surface area contributed by atoms with Crippen LogP contribution in [0.4, 0.5) is 10.3 Å². The lowest BCUT2D eigenvalue weighted by molar-refractivity contribution is 0.419. The molecule has 28 heavy (non-hydrogen) atoms. The maximum absolute atomic E-state index is 12.3. The molecule has 0 saturated heterocycles. The molecule has 0 saturated carbocycles. The maximum atomic E-state index is 12.3. The highest BCUT2D eigenvalue weighted by molar-refractivity contribution is 7.22. The molecule has 0 aliphatic carbocycles. The first-order valence-electron chi connectivity index (χ1n) is 8.40. The molecular weight excluding hydrogens is 394 g/mol. The summed E-state index contributed by atoms with van der Waals surface area (Å²) in [6.07, 6.45) is 0. The summed E-state index contributed by atoms with van der Waals surface area (Å²) in [5, 5.41) is 7.27. The van der Waals surface area contributed by atoms with Crippen LogP contribution in [0, 0.1) is 0 Å². The molecule has 0 amide bonds. The van der Waals surface area contributed by atoms with Gasteiger partial charge in [0.05, 0.1) is 23.1 Å². The summed E-state index contributed by atoms with van der Waals surface area (Å²) in [6.45, 7) is 0. The van der Waals surface area contributed by atoms with Gasteiger partial charge in [-0.3, -0.25) is 0 Å². The minimum atomic E-state index is -0.403. The molecule has 1 N–H and O–H groups in total. The molecule has 0 radical (unpaired) electrons. The number of methoxy groups -OCH3 is 1. The monoisotopic (exact) mass is 407 g/mol. The number of nitrogens with zero attached hydrogens (tertiary/aromatic N) is 2. The Morgan fingerprint density at radius 1 is 1.07 bits per heavy atom. The van der Waals surface area contributed by atoms with Crippen LogP contribution < -0.4 is 15.7 Å². The molecule has 8 heteroatoms. The molecule has 0 unspecified atom stereocenters. The summed E-state index contributed by atoms with van der Waals surface area (Å²) in [4.78, 5) is 21.5. The molecule has 5 aromatic rings. The van der Waals surface area contributed by atoms with Crippen molar-refractivity contribution in [2.45, 2.75) is 0 Å². The van der Waals surface area contributed by atoms with Gasteiger partial charge >= 0.3 is 5.63 Å². The van der Waals surface area contributed by atoms with Crippen molar-refractivity contribution in [1.82, 2.24) is 9.97 Å². The minimum Gasteiger partial charge on any atom is -0.494 e. The van der Waals surface area contributed by atoms with E-state index in [2.05, 4.69) is 15.3 Å². The van der Waals surface area contributed by atoms with E-state index < -0.39 is 5.63 Å². The molecule has 0 aliphatic rings. The summed E-state index contributed by atoms with van der Waals surface area (Å²) in [5.74, 6) is 0.732. The van der Waals surface area contributed by atoms with Crippen molar-refractivity contribution in [3.8, 4) is 17.0 Å². The lowest BCUT2D eigenvalue weighted by Crippen LogP contribution is -2.02. The SMILES string of the molecule is COc1cccc2sc(Nc3nc(-c4cc5ccccc5oc4=O)cs3)nc12. The summed E-state index contributed by atoms with van der Waals surface area (Å²) >= 11 is 2.92. The number of benzene rings is 2. The quantitative estimate of drug-likeness (QED) is 0.409. The van der Waals surface area contributed by atoms with Gasteiger partial charge in [0.2, 0.25) is 0 Å². The smallest absolute Gasteiger partial charge is 0.345 e. The Hall–Kier alpha value is -3.23. The second-order valence-corrected chi connectivity index (χ2v) is 7.86. The van der Waals surface area contributed by atoms with Gasteiger partial charge in [0.15, 0.2) is 10.3 Å². The van der Waals surface area contributed by atoms with Crippen LogP contribution in [-0.4, -0.2) is 17.1 Å². The first kappa shape index (κ1) is 16.9. The van der Waals surface area contributed by atoms with E-state index in [0.29, 0.717) is 27.1 Å². The van der Waals surface area contributed by atoms with E-state index in [-0.39, 0.29) is 0 Å². The van der Waals surface area contributed by atoms with Crippen LogP contribution in [0.5, 0.6) is 5.75 Å². The number of hydrogen-bond acceptors (Lipinski definition) is 8. The van der Waals surface area contributed by atoms with E-state index in [0.717, 1.165) is 21.4 Å². The molecule has 3 heterocycles. The fourth-order valence-corrected chi connectivity index (χ4v) is 4.58. The predicted molar refractivity (Wildman–Crippen MR) is 113 cm³/mol. The van der Waals surface area contributed by atoms with Gasteiger partial charge in [0.1, 0.15) is 16.8 Å². The van der Waals surface area contributed by atoms with Gasteiger partial charge in [-0.25, -0.2) is 14.8 Å². The Morgan fingerprint density at radius 3 is 2.86 bits per heavy atom. The van der Waals surface area contributed by atoms with Crippen LogP contribution in [0.15, 0.2) is 63.1 Å². The van der Waals surface area contributed by atoms with Crippen LogP contribution in [-0.2, 0) is 0 Å². The standard InChI is InChI=1S/C20H13N3O3S2/c1-25-15-7-4-8-16-17(15)22-20(28-16)23-19-21-13(10-27-19)12-9-11-5-2-3-6-14(11)26-18(12)24/h2-10H,1H3,(H,21,22,23). The molecule has 5 rings (SSSR count). The Morgan fingerprint density at radius 2 is 1.96 bits per heavy atom. The van der Waals surface area contributed by atoms with Gasteiger partial charge in [-0.05, 0) is 24.3 Å². The number of rotatable bonds is 4. The lowest BCUT2D eigenvalue weighted by atomic mass is 10.1. The average Bonchev–Trinajstić information content (AvgIpc) is 3.33. The van der Waals surface area contributed by atoms with Crippen molar-refractivity contribution >= 4 is 54.1 Å². The van der Waals surface area contributed by atoms with Crippen molar-refractivity contribution in [3.63, 3.8) is 0 Å². The first-order valence-corrected chi connectivity index (χ1v) is 10.1. The average molecular weight is 407 g/mol. The van der Waals surface area contributed by atoms with Gasteiger partial charge in [-0.1, -0.05) is 35.6 Å². The van der Waals surface area contributed by atoms with Gasteiger partial charge in [-0.2, -0.15) is 0 Å². The molecule has 0 spiro atoms. The third-order valence-corrected chi connectivity index (χ3v) is 5.93. The zero-order valence-corrected chi connectivity index (χ0v) is 16.3. The Bertz CT molecular complexity index is 1370. The van der Waals surface area contributed by atoms with E-state index in [1.165, 1.54) is 22.7 Å². The fourth-order valence-electron chi connectivity index (χ4n) is 2.93. The number of anilines is 2. The van der Waals surface area contributed by atoms with Crippen molar-refractivity contribution in [3.05, 3.63) is 64.3 Å². The number of fused-ring (bicyclic) bond motifs is 2. The third kappa shape index (κ3) is 2.92. The van der Waals surface area contributed by atoms with Gasteiger partial charge in [0, 0.05) is 10.8 Å². The number of para-hydroxylation sites is 2. The Labute approximate surface area is 167 Å². The second-order valence-electron chi connectivity index (χ2n) is 5.97. The van der Waals surface area contributed by atoms with Crippen LogP contribution in [0.1, 0.15) is 0 Å². The molecule has 0 bridgehead atoms. The highest BCUT2D eigenvalue weighted by Crippen LogP contribution is 2.34. The molecular formula is C20H13N3O3S2. The molecule has 138 valence electrons. The van der Waals surface area contributed by atoms with E-state index in [9.17, 15) is 4.79 Å².